The van der Waals surface area contributed by atoms with Crippen LogP contribution in [0.3, 0.4) is 0 Å². The lowest BCUT2D eigenvalue weighted by Crippen LogP contribution is -2.31. The fourth-order valence-electron chi connectivity index (χ4n) is 1.18. The predicted molar refractivity (Wildman–Crippen MR) is 63.8 cm³/mol. The first-order valence-corrected chi connectivity index (χ1v) is 5.59. The van der Waals surface area contributed by atoms with E-state index in [2.05, 4.69) is 16.7 Å². The van der Waals surface area contributed by atoms with Gasteiger partial charge in [-0.25, -0.2) is 4.79 Å². The number of amides is 1. The SMILES string of the molecule is COCC=CCCCCNCCNC(=O)O. The third-order valence-corrected chi connectivity index (χ3v) is 1.98. The molecular formula is C11H22N2O3. The van der Waals surface area contributed by atoms with E-state index in [-0.39, 0.29) is 0 Å². The second kappa shape index (κ2) is 12.0. The van der Waals surface area contributed by atoms with E-state index in [1.54, 1.807) is 7.11 Å². The molecule has 94 valence electrons. The van der Waals surface area contributed by atoms with Crippen molar-refractivity contribution in [1.29, 1.82) is 0 Å². The van der Waals surface area contributed by atoms with Crippen molar-refractivity contribution in [2.24, 2.45) is 0 Å². The Hall–Kier alpha value is -1.07. The largest absolute Gasteiger partial charge is 0.465 e. The Labute approximate surface area is 96.9 Å². The number of carboxylic acid groups (broad SMARTS) is 1. The molecule has 0 bridgehead atoms. The average Bonchev–Trinajstić information content (AvgIpc) is 2.25. The molecule has 0 saturated heterocycles. The van der Waals surface area contributed by atoms with Gasteiger partial charge in [-0.2, -0.15) is 0 Å². The van der Waals surface area contributed by atoms with Crippen LogP contribution in [0.5, 0.6) is 0 Å². The Kier molecular flexibility index (Phi) is 11.2. The van der Waals surface area contributed by atoms with Crippen LogP contribution >= 0.6 is 0 Å². The summed E-state index contributed by atoms with van der Waals surface area (Å²) in [6.07, 6.45) is 6.48. The maximum absolute atomic E-state index is 10.1. The predicted octanol–water partition coefficient (Wildman–Crippen LogP) is 1.22. The van der Waals surface area contributed by atoms with Crippen molar-refractivity contribution in [3.8, 4) is 0 Å². The zero-order valence-electron chi connectivity index (χ0n) is 9.87. The molecule has 0 aliphatic rings. The van der Waals surface area contributed by atoms with Crippen LogP contribution in [0, 0.1) is 0 Å². The molecule has 0 aliphatic heterocycles. The summed E-state index contributed by atoms with van der Waals surface area (Å²) in [7, 11) is 1.68. The van der Waals surface area contributed by atoms with Gasteiger partial charge in [0.05, 0.1) is 6.61 Å². The van der Waals surface area contributed by atoms with E-state index in [0.717, 1.165) is 25.8 Å². The molecular weight excluding hydrogens is 208 g/mol. The van der Waals surface area contributed by atoms with Crippen LogP contribution in [0.2, 0.25) is 0 Å². The van der Waals surface area contributed by atoms with Crippen molar-refractivity contribution in [3.05, 3.63) is 12.2 Å². The van der Waals surface area contributed by atoms with Crippen LogP contribution in [0.15, 0.2) is 12.2 Å². The molecule has 0 aromatic carbocycles. The lowest BCUT2D eigenvalue weighted by molar-refractivity contribution is 0.194. The van der Waals surface area contributed by atoms with E-state index in [4.69, 9.17) is 9.84 Å². The molecule has 5 heteroatoms. The number of carbonyl (C=O) groups is 1. The van der Waals surface area contributed by atoms with Crippen molar-refractivity contribution in [3.63, 3.8) is 0 Å². The first-order chi connectivity index (χ1) is 7.77. The number of methoxy groups -OCH3 is 1. The third kappa shape index (κ3) is 12.9. The molecule has 5 nitrogen and oxygen atoms in total. The molecule has 0 radical (unpaired) electrons. The zero-order chi connectivity index (χ0) is 12.1. The van der Waals surface area contributed by atoms with Crippen molar-refractivity contribution in [2.75, 3.05) is 33.4 Å². The molecule has 0 heterocycles. The molecule has 0 spiro atoms. The number of ether oxygens (including phenoxy) is 1. The van der Waals surface area contributed by atoms with Gasteiger partial charge in [-0.05, 0) is 25.8 Å². The summed E-state index contributed by atoms with van der Waals surface area (Å²) in [6.45, 7) is 2.76. The van der Waals surface area contributed by atoms with Gasteiger partial charge in [0, 0.05) is 20.2 Å². The van der Waals surface area contributed by atoms with Gasteiger partial charge in [0.15, 0.2) is 0 Å². The Morgan fingerprint density at radius 2 is 2.06 bits per heavy atom. The molecule has 0 aromatic rings. The summed E-state index contributed by atoms with van der Waals surface area (Å²) >= 11 is 0. The first-order valence-electron chi connectivity index (χ1n) is 5.59. The number of allylic oxidation sites excluding steroid dienone is 1. The topological polar surface area (TPSA) is 70.6 Å². The summed E-state index contributed by atoms with van der Waals surface area (Å²) in [6, 6.07) is 0. The smallest absolute Gasteiger partial charge is 0.404 e. The van der Waals surface area contributed by atoms with E-state index in [1.165, 1.54) is 0 Å². The molecule has 0 fully saturated rings. The summed E-state index contributed by atoms with van der Waals surface area (Å²) in [5.41, 5.74) is 0. The van der Waals surface area contributed by atoms with Crippen molar-refractivity contribution in [1.82, 2.24) is 10.6 Å². The molecule has 3 N–H and O–H groups in total. The van der Waals surface area contributed by atoms with Crippen LogP contribution in [0.25, 0.3) is 0 Å². The van der Waals surface area contributed by atoms with Gasteiger partial charge < -0.3 is 20.5 Å². The summed E-state index contributed by atoms with van der Waals surface area (Å²) in [5.74, 6) is 0. The number of rotatable bonds is 10. The molecule has 0 rings (SSSR count). The molecule has 0 atom stereocenters. The van der Waals surface area contributed by atoms with Crippen molar-refractivity contribution in [2.45, 2.75) is 19.3 Å². The second-order valence-corrected chi connectivity index (χ2v) is 3.40. The van der Waals surface area contributed by atoms with E-state index >= 15 is 0 Å². The fraction of sp³-hybridized carbons (Fsp3) is 0.727. The Morgan fingerprint density at radius 3 is 2.75 bits per heavy atom. The molecule has 16 heavy (non-hydrogen) atoms. The number of hydrogen-bond acceptors (Lipinski definition) is 3. The highest BCUT2D eigenvalue weighted by Gasteiger charge is 1.92. The number of nitrogens with one attached hydrogen (secondary N) is 2. The molecule has 0 aromatic heterocycles. The van der Waals surface area contributed by atoms with Gasteiger partial charge in [-0.3, -0.25) is 0 Å². The highest BCUT2D eigenvalue weighted by molar-refractivity contribution is 5.64. The highest BCUT2D eigenvalue weighted by atomic mass is 16.5. The normalized spacial score (nSPS) is 10.8. The van der Waals surface area contributed by atoms with Gasteiger partial charge >= 0.3 is 6.09 Å². The monoisotopic (exact) mass is 230 g/mol. The highest BCUT2D eigenvalue weighted by Crippen LogP contribution is 1.95. The second-order valence-electron chi connectivity index (χ2n) is 3.40. The lowest BCUT2D eigenvalue weighted by Gasteiger charge is -2.03. The van der Waals surface area contributed by atoms with Crippen LogP contribution < -0.4 is 10.6 Å². The Bertz CT molecular complexity index is 196. The lowest BCUT2D eigenvalue weighted by atomic mass is 10.2. The molecule has 0 saturated carbocycles. The summed E-state index contributed by atoms with van der Waals surface area (Å²) < 4.78 is 4.88. The minimum atomic E-state index is -0.968. The number of unbranched alkanes of at least 4 members (excludes halogenated alkanes) is 2. The molecule has 1 amide bonds. The van der Waals surface area contributed by atoms with Crippen LogP contribution in [0.4, 0.5) is 4.79 Å². The van der Waals surface area contributed by atoms with Gasteiger partial charge in [0.1, 0.15) is 0 Å². The molecule has 0 unspecified atom stereocenters. The zero-order valence-corrected chi connectivity index (χ0v) is 9.87. The van der Waals surface area contributed by atoms with Gasteiger partial charge in [0.25, 0.3) is 0 Å². The van der Waals surface area contributed by atoms with E-state index < -0.39 is 6.09 Å². The molecule has 0 aliphatic carbocycles. The fourth-order valence-corrected chi connectivity index (χ4v) is 1.18. The van der Waals surface area contributed by atoms with Crippen LogP contribution in [-0.4, -0.2) is 44.6 Å². The quantitative estimate of drug-likeness (QED) is 0.390. The van der Waals surface area contributed by atoms with Crippen molar-refractivity contribution >= 4 is 6.09 Å². The number of hydrogen-bond donors (Lipinski definition) is 3. The van der Waals surface area contributed by atoms with E-state index in [1.807, 2.05) is 6.08 Å². The minimum Gasteiger partial charge on any atom is -0.465 e. The van der Waals surface area contributed by atoms with E-state index in [9.17, 15) is 4.79 Å². The maximum atomic E-state index is 10.1. The first kappa shape index (κ1) is 14.9. The standard InChI is InChI=1S/C11H22N2O3/c1-16-10-6-4-2-3-5-7-12-8-9-13-11(14)15/h4,6,12-13H,2-3,5,7-10H2,1H3,(H,14,15). The Balaban J connectivity index is 3.01. The van der Waals surface area contributed by atoms with Gasteiger partial charge in [-0.1, -0.05) is 12.2 Å². The summed E-state index contributed by atoms with van der Waals surface area (Å²) in [4.78, 5) is 10.1. The van der Waals surface area contributed by atoms with Gasteiger partial charge in [-0.15, -0.1) is 0 Å². The maximum Gasteiger partial charge on any atom is 0.404 e. The van der Waals surface area contributed by atoms with Gasteiger partial charge in [0.2, 0.25) is 0 Å². The average molecular weight is 230 g/mol. The Morgan fingerprint density at radius 1 is 1.25 bits per heavy atom. The van der Waals surface area contributed by atoms with Crippen LogP contribution in [0.1, 0.15) is 19.3 Å². The van der Waals surface area contributed by atoms with E-state index in [0.29, 0.717) is 19.7 Å². The minimum absolute atomic E-state index is 0.461. The van der Waals surface area contributed by atoms with Crippen molar-refractivity contribution < 1.29 is 14.6 Å². The third-order valence-electron chi connectivity index (χ3n) is 1.98. The summed E-state index contributed by atoms with van der Waals surface area (Å²) in [5, 5.41) is 13.8. The van der Waals surface area contributed by atoms with Crippen LogP contribution in [-0.2, 0) is 4.74 Å².